The lowest BCUT2D eigenvalue weighted by Crippen LogP contribution is -2.14. The average molecular weight is 270 g/mol. The number of hydrogen-bond donors (Lipinski definition) is 1. The molecule has 104 valence electrons. The number of hydrogen-bond acceptors (Lipinski definition) is 4. The maximum Gasteiger partial charge on any atom is 0.340 e. The van der Waals surface area contributed by atoms with Crippen molar-refractivity contribution in [3.05, 3.63) is 53.6 Å². The zero-order valence-corrected chi connectivity index (χ0v) is 11.9. The smallest absolute Gasteiger partial charge is 0.340 e. The van der Waals surface area contributed by atoms with Gasteiger partial charge < -0.3 is 15.4 Å². The van der Waals surface area contributed by atoms with E-state index in [0.29, 0.717) is 11.3 Å². The Balaban J connectivity index is 2.45. The second-order valence-corrected chi connectivity index (χ2v) is 4.63. The minimum absolute atomic E-state index is 0.379. The molecule has 0 aromatic heterocycles. The first-order valence-corrected chi connectivity index (χ1v) is 6.31. The van der Waals surface area contributed by atoms with Crippen LogP contribution in [0.2, 0.25) is 0 Å². The molecule has 2 rings (SSSR count). The van der Waals surface area contributed by atoms with Crippen molar-refractivity contribution in [3.63, 3.8) is 0 Å². The Bertz CT molecular complexity index is 638. The second kappa shape index (κ2) is 5.65. The Morgan fingerprint density at radius 2 is 1.90 bits per heavy atom. The highest BCUT2D eigenvalue weighted by Crippen LogP contribution is 2.31. The van der Waals surface area contributed by atoms with E-state index in [4.69, 9.17) is 10.5 Å². The maximum atomic E-state index is 11.7. The van der Waals surface area contributed by atoms with Gasteiger partial charge in [-0.25, -0.2) is 4.79 Å². The molecular formula is C16H18N2O2. The molecule has 4 heteroatoms. The van der Waals surface area contributed by atoms with Gasteiger partial charge >= 0.3 is 5.97 Å². The Kier molecular flexibility index (Phi) is 3.94. The van der Waals surface area contributed by atoms with Gasteiger partial charge in [-0.15, -0.1) is 0 Å². The van der Waals surface area contributed by atoms with E-state index in [2.05, 4.69) is 6.07 Å². The Labute approximate surface area is 118 Å². The number of para-hydroxylation sites is 1. The number of benzene rings is 2. The summed E-state index contributed by atoms with van der Waals surface area (Å²) in [6, 6.07) is 13.4. The summed E-state index contributed by atoms with van der Waals surface area (Å²) in [6.07, 6.45) is 0. The molecule has 0 radical (unpaired) electrons. The van der Waals surface area contributed by atoms with E-state index < -0.39 is 5.97 Å². The first-order chi connectivity index (χ1) is 9.54. The van der Waals surface area contributed by atoms with Crippen LogP contribution in [0.3, 0.4) is 0 Å². The number of nitrogen functional groups attached to an aromatic ring is 1. The topological polar surface area (TPSA) is 55.6 Å². The van der Waals surface area contributed by atoms with Crippen LogP contribution < -0.4 is 10.6 Å². The molecule has 4 nitrogen and oxygen atoms in total. The van der Waals surface area contributed by atoms with Crippen LogP contribution in [-0.4, -0.2) is 20.1 Å². The summed E-state index contributed by atoms with van der Waals surface area (Å²) in [5, 5.41) is 0. The van der Waals surface area contributed by atoms with Crippen LogP contribution in [0.25, 0.3) is 0 Å². The molecule has 0 aliphatic rings. The molecule has 2 aromatic rings. The summed E-state index contributed by atoms with van der Waals surface area (Å²) in [6.45, 7) is 2.03. The van der Waals surface area contributed by atoms with Crippen molar-refractivity contribution in [2.24, 2.45) is 0 Å². The van der Waals surface area contributed by atoms with Crippen LogP contribution in [0.1, 0.15) is 15.9 Å². The molecule has 0 heterocycles. The van der Waals surface area contributed by atoms with Crippen molar-refractivity contribution in [2.45, 2.75) is 6.92 Å². The lowest BCUT2D eigenvalue weighted by Gasteiger charge is -2.22. The van der Waals surface area contributed by atoms with E-state index in [1.165, 1.54) is 7.11 Å². The third kappa shape index (κ3) is 2.59. The minimum atomic E-state index is -0.429. The fraction of sp³-hybridized carbons (Fsp3) is 0.188. The Hall–Kier alpha value is -2.49. The predicted octanol–water partition coefficient (Wildman–Crippen LogP) is 3.13. The summed E-state index contributed by atoms with van der Waals surface area (Å²) in [5.74, 6) is -0.429. The van der Waals surface area contributed by atoms with E-state index in [9.17, 15) is 4.79 Å². The lowest BCUT2D eigenvalue weighted by atomic mass is 10.1. The highest BCUT2D eigenvalue weighted by Gasteiger charge is 2.15. The normalized spacial score (nSPS) is 10.2. The summed E-state index contributed by atoms with van der Waals surface area (Å²) in [7, 11) is 3.26. The van der Waals surface area contributed by atoms with Gasteiger partial charge in [-0.05, 0) is 36.8 Å². The van der Waals surface area contributed by atoms with Crippen molar-refractivity contribution >= 4 is 23.0 Å². The zero-order chi connectivity index (χ0) is 14.7. The van der Waals surface area contributed by atoms with Gasteiger partial charge in [-0.1, -0.05) is 18.2 Å². The second-order valence-electron chi connectivity index (χ2n) is 4.63. The molecule has 2 N–H and O–H groups in total. The summed E-state index contributed by atoms with van der Waals surface area (Å²) in [4.78, 5) is 13.6. The number of nitrogens with zero attached hydrogens (tertiary/aromatic N) is 1. The summed E-state index contributed by atoms with van der Waals surface area (Å²) < 4.78 is 4.74. The first-order valence-electron chi connectivity index (χ1n) is 6.31. The molecule has 0 unspecified atom stereocenters. The number of esters is 1. The van der Waals surface area contributed by atoms with Gasteiger partial charge in [0, 0.05) is 12.7 Å². The van der Waals surface area contributed by atoms with E-state index >= 15 is 0 Å². The van der Waals surface area contributed by atoms with Gasteiger partial charge in [0.05, 0.1) is 24.0 Å². The monoisotopic (exact) mass is 270 g/mol. The number of methoxy groups -OCH3 is 1. The SMILES string of the molecule is COC(=O)c1cccc(N(C)c2cccc(C)c2)c1N. The highest BCUT2D eigenvalue weighted by atomic mass is 16.5. The van der Waals surface area contributed by atoms with Gasteiger partial charge in [0.1, 0.15) is 0 Å². The molecule has 0 aliphatic heterocycles. The molecule has 0 spiro atoms. The molecular weight excluding hydrogens is 252 g/mol. The Morgan fingerprint density at radius 1 is 1.20 bits per heavy atom. The first kappa shape index (κ1) is 13.9. The van der Waals surface area contributed by atoms with Crippen LogP contribution >= 0.6 is 0 Å². The number of carbonyl (C=O) groups excluding carboxylic acids is 1. The van der Waals surface area contributed by atoms with Crippen LogP contribution in [0.15, 0.2) is 42.5 Å². The summed E-state index contributed by atoms with van der Waals surface area (Å²) >= 11 is 0. The van der Waals surface area contributed by atoms with E-state index in [-0.39, 0.29) is 0 Å². The van der Waals surface area contributed by atoms with Crippen LogP contribution in [0.4, 0.5) is 17.1 Å². The predicted molar refractivity (Wildman–Crippen MR) is 81.4 cm³/mol. The van der Waals surface area contributed by atoms with Gasteiger partial charge in [0.25, 0.3) is 0 Å². The number of ether oxygens (including phenoxy) is 1. The molecule has 0 fully saturated rings. The van der Waals surface area contributed by atoms with E-state index in [1.54, 1.807) is 12.1 Å². The Morgan fingerprint density at radius 3 is 2.55 bits per heavy atom. The third-order valence-electron chi connectivity index (χ3n) is 3.24. The standard InChI is InChI=1S/C16H18N2O2/c1-11-6-4-7-12(10-11)18(2)14-9-5-8-13(15(14)17)16(19)20-3/h4-10H,17H2,1-3H3. The number of nitrogens with two attached hydrogens (primary N) is 1. The zero-order valence-electron chi connectivity index (χ0n) is 11.9. The van der Waals surface area contributed by atoms with Crippen molar-refractivity contribution in [1.82, 2.24) is 0 Å². The molecule has 0 amide bonds. The van der Waals surface area contributed by atoms with Gasteiger partial charge in [-0.2, -0.15) is 0 Å². The van der Waals surface area contributed by atoms with E-state index in [0.717, 1.165) is 16.9 Å². The number of anilines is 3. The maximum absolute atomic E-state index is 11.7. The van der Waals surface area contributed by atoms with Crippen LogP contribution in [-0.2, 0) is 4.74 Å². The van der Waals surface area contributed by atoms with Crippen LogP contribution in [0.5, 0.6) is 0 Å². The summed E-state index contributed by atoms with van der Waals surface area (Å²) in [5.41, 5.74) is 9.85. The number of carbonyl (C=O) groups is 1. The minimum Gasteiger partial charge on any atom is -0.465 e. The fourth-order valence-electron chi connectivity index (χ4n) is 2.11. The van der Waals surface area contributed by atoms with Gasteiger partial charge in [-0.3, -0.25) is 0 Å². The molecule has 20 heavy (non-hydrogen) atoms. The molecule has 0 saturated heterocycles. The van der Waals surface area contributed by atoms with Gasteiger partial charge in [0.2, 0.25) is 0 Å². The van der Waals surface area contributed by atoms with E-state index in [1.807, 2.05) is 43.1 Å². The lowest BCUT2D eigenvalue weighted by molar-refractivity contribution is 0.0602. The number of rotatable bonds is 3. The van der Waals surface area contributed by atoms with Crippen molar-refractivity contribution in [3.8, 4) is 0 Å². The molecule has 0 aliphatic carbocycles. The highest BCUT2D eigenvalue weighted by molar-refractivity contribution is 5.99. The van der Waals surface area contributed by atoms with Gasteiger partial charge in [0.15, 0.2) is 0 Å². The molecule has 0 saturated carbocycles. The molecule has 0 bridgehead atoms. The van der Waals surface area contributed by atoms with Crippen LogP contribution in [0, 0.1) is 6.92 Å². The van der Waals surface area contributed by atoms with Crippen molar-refractivity contribution < 1.29 is 9.53 Å². The van der Waals surface area contributed by atoms with Crippen molar-refractivity contribution in [2.75, 3.05) is 24.8 Å². The van der Waals surface area contributed by atoms with Crippen molar-refractivity contribution in [1.29, 1.82) is 0 Å². The fourth-order valence-corrected chi connectivity index (χ4v) is 2.11. The third-order valence-corrected chi connectivity index (χ3v) is 3.24. The quantitative estimate of drug-likeness (QED) is 0.687. The molecule has 2 aromatic carbocycles. The average Bonchev–Trinajstić information content (AvgIpc) is 2.46. The molecule has 0 atom stereocenters. The number of aryl methyl sites for hydroxylation is 1. The largest absolute Gasteiger partial charge is 0.465 e.